The summed E-state index contributed by atoms with van der Waals surface area (Å²) in [6.07, 6.45) is 0.327. The number of amides is 3. The molecule has 0 saturated carbocycles. The van der Waals surface area contributed by atoms with Gasteiger partial charge in [-0.2, -0.15) is 0 Å². The van der Waals surface area contributed by atoms with Crippen LogP contribution in [0, 0.1) is 19.8 Å². The van der Waals surface area contributed by atoms with E-state index in [4.69, 9.17) is 0 Å². The fraction of sp³-hybridized carbons (Fsp3) is 0.357. The summed E-state index contributed by atoms with van der Waals surface area (Å²) in [5.74, 6) is -1.74. The van der Waals surface area contributed by atoms with Crippen LogP contribution in [0.4, 0.5) is 5.69 Å². The molecule has 6 nitrogen and oxygen atoms in total. The van der Waals surface area contributed by atoms with Gasteiger partial charge in [-0.1, -0.05) is 18.2 Å². The molecule has 1 aromatic carbocycles. The van der Waals surface area contributed by atoms with Gasteiger partial charge in [0.05, 0.1) is 0 Å². The number of para-hydroxylation sites is 1. The van der Waals surface area contributed by atoms with Crippen LogP contribution in [0.5, 0.6) is 0 Å². The van der Waals surface area contributed by atoms with Crippen LogP contribution in [-0.2, 0) is 14.4 Å². The Bertz CT molecular complexity index is 533. The highest BCUT2D eigenvalue weighted by atomic mass is 16.2. The molecule has 1 fully saturated rings. The second kappa shape index (κ2) is 5.73. The summed E-state index contributed by atoms with van der Waals surface area (Å²) in [4.78, 5) is 34.6. The Balaban J connectivity index is 1.93. The Morgan fingerprint density at radius 2 is 1.70 bits per heavy atom. The summed E-state index contributed by atoms with van der Waals surface area (Å²) in [6, 6.07) is 5.76. The molecule has 3 amide bonds. The Labute approximate surface area is 116 Å². The highest BCUT2D eigenvalue weighted by Gasteiger charge is 2.32. The largest absolute Gasteiger partial charge is 0.326 e. The predicted molar refractivity (Wildman–Crippen MR) is 73.6 cm³/mol. The molecular formula is C14H17N3O3. The quantitative estimate of drug-likeness (QED) is 0.710. The molecule has 6 heteroatoms. The Morgan fingerprint density at radius 1 is 1.15 bits per heavy atom. The number of aryl methyl sites for hydroxylation is 2. The first-order valence-corrected chi connectivity index (χ1v) is 6.45. The number of benzene rings is 1. The van der Waals surface area contributed by atoms with Crippen molar-refractivity contribution < 1.29 is 14.4 Å². The van der Waals surface area contributed by atoms with E-state index in [9.17, 15) is 14.4 Å². The van der Waals surface area contributed by atoms with Crippen LogP contribution in [0.25, 0.3) is 0 Å². The average molecular weight is 275 g/mol. The van der Waals surface area contributed by atoms with Crippen molar-refractivity contribution in [2.75, 3.05) is 5.32 Å². The van der Waals surface area contributed by atoms with E-state index in [0.717, 1.165) is 16.8 Å². The zero-order chi connectivity index (χ0) is 14.7. The number of anilines is 1. The first kappa shape index (κ1) is 14.0. The number of hydrazine groups is 1. The molecule has 0 atom stereocenters. The minimum atomic E-state index is -0.779. The molecule has 1 aliphatic heterocycles. The van der Waals surface area contributed by atoms with Crippen molar-refractivity contribution in [1.29, 1.82) is 0 Å². The number of hydrogen-bond acceptors (Lipinski definition) is 3. The van der Waals surface area contributed by atoms with Gasteiger partial charge in [0, 0.05) is 12.1 Å². The van der Waals surface area contributed by atoms with Gasteiger partial charge in [0.15, 0.2) is 0 Å². The Kier molecular flexibility index (Phi) is 4.02. The zero-order valence-corrected chi connectivity index (χ0v) is 11.4. The van der Waals surface area contributed by atoms with Gasteiger partial charge in [0.2, 0.25) is 5.91 Å². The summed E-state index contributed by atoms with van der Waals surface area (Å²) >= 11 is 0. The topological polar surface area (TPSA) is 87.3 Å². The molecule has 0 bridgehead atoms. The first-order chi connectivity index (χ1) is 9.49. The standard InChI is InChI=1S/C14H17N3O3/c1-8-4-3-5-9(2)12(8)15-11(18)7-6-10-13(19)16-17-14(10)20/h3-5,10H,6-7H2,1-2H3,(H,15,18)(H,16,19)(H,17,20). The van der Waals surface area contributed by atoms with E-state index in [0.29, 0.717) is 0 Å². The number of carbonyl (C=O) groups is 3. The predicted octanol–water partition coefficient (Wildman–Crippen LogP) is 0.799. The van der Waals surface area contributed by atoms with E-state index in [1.807, 2.05) is 32.0 Å². The van der Waals surface area contributed by atoms with Gasteiger partial charge in [0.1, 0.15) is 5.92 Å². The third-order valence-electron chi connectivity index (χ3n) is 3.35. The minimum absolute atomic E-state index is 0.124. The Morgan fingerprint density at radius 3 is 2.25 bits per heavy atom. The van der Waals surface area contributed by atoms with Gasteiger partial charge in [-0.15, -0.1) is 0 Å². The summed E-state index contributed by atoms with van der Waals surface area (Å²) in [5, 5.41) is 2.83. The maximum Gasteiger partial charge on any atom is 0.251 e. The third-order valence-corrected chi connectivity index (χ3v) is 3.35. The van der Waals surface area contributed by atoms with E-state index in [1.54, 1.807) is 0 Å². The molecule has 0 aliphatic carbocycles. The van der Waals surface area contributed by atoms with Gasteiger partial charge >= 0.3 is 0 Å². The van der Waals surface area contributed by atoms with E-state index in [-0.39, 0.29) is 30.6 Å². The molecule has 1 aliphatic rings. The SMILES string of the molecule is Cc1cccc(C)c1NC(=O)CCC1C(=O)NNC1=O. The monoisotopic (exact) mass is 275 g/mol. The normalized spacial score (nSPS) is 14.9. The zero-order valence-electron chi connectivity index (χ0n) is 11.4. The fourth-order valence-electron chi connectivity index (χ4n) is 2.17. The number of rotatable bonds is 4. The van der Waals surface area contributed by atoms with Gasteiger partial charge in [-0.25, -0.2) is 0 Å². The van der Waals surface area contributed by atoms with Gasteiger partial charge in [-0.05, 0) is 31.4 Å². The molecule has 0 radical (unpaired) electrons. The molecule has 1 aromatic rings. The first-order valence-electron chi connectivity index (χ1n) is 6.45. The molecule has 0 spiro atoms. The van der Waals surface area contributed by atoms with Crippen LogP contribution in [0.2, 0.25) is 0 Å². The molecule has 2 rings (SSSR count). The van der Waals surface area contributed by atoms with Crippen molar-refractivity contribution in [2.24, 2.45) is 5.92 Å². The summed E-state index contributed by atoms with van der Waals surface area (Å²) in [7, 11) is 0. The maximum atomic E-state index is 11.9. The van der Waals surface area contributed by atoms with Crippen molar-refractivity contribution in [2.45, 2.75) is 26.7 Å². The van der Waals surface area contributed by atoms with E-state index < -0.39 is 5.92 Å². The van der Waals surface area contributed by atoms with Crippen LogP contribution in [-0.4, -0.2) is 17.7 Å². The van der Waals surface area contributed by atoms with Crippen molar-refractivity contribution in [1.82, 2.24) is 10.9 Å². The smallest absolute Gasteiger partial charge is 0.251 e. The lowest BCUT2D eigenvalue weighted by molar-refractivity contribution is -0.128. The molecule has 0 unspecified atom stereocenters. The van der Waals surface area contributed by atoms with Crippen LogP contribution >= 0.6 is 0 Å². The van der Waals surface area contributed by atoms with Gasteiger partial charge < -0.3 is 5.32 Å². The molecule has 1 heterocycles. The maximum absolute atomic E-state index is 11.9. The van der Waals surface area contributed by atoms with Crippen LogP contribution in [0.3, 0.4) is 0 Å². The van der Waals surface area contributed by atoms with E-state index >= 15 is 0 Å². The lowest BCUT2D eigenvalue weighted by Crippen LogP contribution is -2.28. The lowest BCUT2D eigenvalue weighted by Gasteiger charge is -2.11. The number of hydrogen-bond donors (Lipinski definition) is 3. The van der Waals surface area contributed by atoms with Crippen LogP contribution in [0.15, 0.2) is 18.2 Å². The minimum Gasteiger partial charge on any atom is -0.326 e. The van der Waals surface area contributed by atoms with Crippen LogP contribution in [0.1, 0.15) is 24.0 Å². The van der Waals surface area contributed by atoms with E-state index in [1.165, 1.54) is 0 Å². The van der Waals surface area contributed by atoms with Crippen molar-refractivity contribution >= 4 is 23.4 Å². The Hall–Kier alpha value is -2.37. The van der Waals surface area contributed by atoms with Gasteiger partial charge in [0.25, 0.3) is 11.8 Å². The lowest BCUT2D eigenvalue weighted by atomic mass is 10.0. The third kappa shape index (κ3) is 2.96. The van der Waals surface area contributed by atoms with Crippen molar-refractivity contribution in [3.05, 3.63) is 29.3 Å². The number of carbonyl (C=O) groups excluding carboxylic acids is 3. The second-order valence-electron chi connectivity index (χ2n) is 4.88. The van der Waals surface area contributed by atoms with Gasteiger partial charge in [-0.3, -0.25) is 25.2 Å². The molecule has 3 N–H and O–H groups in total. The average Bonchev–Trinajstić information content (AvgIpc) is 2.71. The number of nitrogens with one attached hydrogen (secondary N) is 3. The van der Waals surface area contributed by atoms with Crippen LogP contribution < -0.4 is 16.2 Å². The fourth-order valence-corrected chi connectivity index (χ4v) is 2.17. The summed E-state index contributed by atoms with van der Waals surface area (Å²) in [5.41, 5.74) is 7.23. The van der Waals surface area contributed by atoms with Crippen molar-refractivity contribution in [3.8, 4) is 0 Å². The van der Waals surface area contributed by atoms with E-state index in [2.05, 4.69) is 16.2 Å². The molecule has 0 aromatic heterocycles. The molecular weight excluding hydrogens is 258 g/mol. The molecule has 20 heavy (non-hydrogen) atoms. The summed E-state index contributed by atoms with van der Waals surface area (Å²) in [6.45, 7) is 3.83. The highest BCUT2D eigenvalue weighted by molar-refractivity contribution is 6.05. The molecule has 1 saturated heterocycles. The van der Waals surface area contributed by atoms with Crippen molar-refractivity contribution in [3.63, 3.8) is 0 Å². The second-order valence-corrected chi connectivity index (χ2v) is 4.88. The highest BCUT2D eigenvalue weighted by Crippen LogP contribution is 2.20. The molecule has 106 valence electrons. The summed E-state index contributed by atoms with van der Waals surface area (Å²) < 4.78 is 0.